The SMILES string of the molecule is CCNC(=O)c1c[nH]c(=O)[nH]1. The fraction of sp³-hybridized carbons (Fsp3) is 0.333. The van der Waals surface area contributed by atoms with Crippen LogP contribution in [0.1, 0.15) is 17.4 Å². The van der Waals surface area contributed by atoms with Crippen molar-refractivity contribution in [2.24, 2.45) is 0 Å². The molecule has 0 atom stereocenters. The number of aromatic nitrogens is 2. The maximum absolute atomic E-state index is 11.0. The Bertz CT molecular complexity index is 299. The standard InChI is InChI=1S/C6H9N3O2/c1-2-7-5(10)4-3-8-6(11)9-4/h3H,2H2,1H3,(H,7,10)(H2,8,9,11). The van der Waals surface area contributed by atoms with E-state index in [1.165, 1.54) is 6.20 Å². The molecule has 3 N–H and O–H groups in total. The predicted octanol–water partition coefficient (Wildman–Crippen LogP) is -0.547. The molecular formula is C6H9N3O2. The van der Waals surface area contributed by atoms with E-state index >= 15 is 0 Å². The second-order valence-corrected chi connectivity index (χ2v) is 2.02. The zero-order chi connectivity index (χ0) is 8.27. The van der Waals surface area contributed by atoms with Crippen molar-refractivity contribution < 1.29 is 4.79 Å². The smallest absolute Gasteiger partial charge is 0.323 e. The molecule has 0 aliphatic rings. The van der Waals surface area contributed by atoms with Crippen LogP contribution < -0.4 is 11.0 Å². The molecule has 5 nitrogen and oxygen atoms in total. The number of carbonyl (C=O) groups excluding carboxylic acids is 1. The fourth-order valence-electron chi connectivity index (χ4n) is 0.710. The highest BCUT2D eigenvalue weighted by atomic mass is 16.2. The second-order valence-electron chi connectivity index (χ2n) is 2.02. The summed E-state index contributed by atoms with van der Waals surface area (Å²) in [6.45, 7) is 2.36. The van der Waals surface area contributed by atoms with Crippen molar-refractivity contribution in [1.29, 1.82) is 0 Å². The highest BCUT2D eigenvalue weighted by Crippen LogP contribution is 1.85. The second kappa shape index (κ2) is 3.05. The summed E-state index contributed by atoms with van der Waals surface area (Å²) >= 11 is 0. The first-order valence-corrected chi connectivity index (χ1v) is 3.30. The summed E-state index contributed by atoms with van der Waals surface area (Å²) in [6.07, 6.45) is 1.34. The van der Waals surface area contributed by atoms with Crippen molar-refractivity contribution in [2.45, 2.75) is 6.92 Å². The first-order chi connectivity index (χ1) is 5.24. The third-order valence-electron chi connectivity index (χ3n) is 1.18. The number of H-pyrrole nitrogens is 2. The zero-order valence-electron chi connectivity index (χ0n) is 6.10. The summed E-state index contributed by atoms with van der Waals surface area (Å²) in [5.41, 5.74) is -0.108. The largest absolute Gasteiger partial charge is 0.351 e. The van der Waals surface area contributed by atoms with E-state index in [0.717, 1.165) is 0 Å². The Labute approximate surface area is 62.8 Å². The molecule has 0 spiro atoms. The minimum atomic E-state index is -0.369. The van der Waals surface area contributed by atoms with Crippen LogP contribution >= 0.6 is 0 Å². The average Bonchev–Trinajstić information content (AvgIpc) is 2.36. The highest BCUT2D eigenvalue weighted by Gasteiger charge is 2.04. The van der Waals surface area contributed by atoms with Crippen molar-refractivity contribution >= 4 is 5.91 Å². The van der Waals surface area contributed by atoms with Gasteiger partial charge in [0.15, 0.2) is 0 Å². The maximum atomic E-state index is 11.0. The summed E-state index contributed by atoms with van der Waals surface area (Å²) in [7, 11) is 0. The Morgan fingerprint density at radius 1 is 1.73 bits per heavy atom. The molecule has 0 radical (unpaired) electrons. The third-order valence-corrected chi connectivity index (χ3v) is 1.18. The molecule has 11 heavy (non-hydrogen) atoms. The Morgan fingerprint density at radius 3 is 2.91 bits per heavy atom. The van der Waals surface area contributed by atoms with Gasteiger partial charge in [-0.2, -0.15) is 0 Å². The van der Waals surface area contributed by atoms with E-state index in [1.807, 2.05) is 6.92 Å². The zero-order valence-corrected chi connectivity index (χ0v) is 6.10. The maximum Gasteiger partial charge on any atom is 0.323 e. The van der Waals surface area contributed by atoms with Crippen LogP contribution in [-0.4, -0.2) is 22.4 Å². The number of hydrogen-bond donors (Lipinski definition) is 3. The molecule has 5 heteroatoms. The van der Waals surface area contributed by atoms with E-state index in [9.17, 15) is 9.59 Å². The van der Waals surface area contributed by atoms with Gasteiger partial charge in [-0.3, -0.25) is 4.79 Å². The van der Waals surface area contributed by atoms with E-state index in [-0.39, 0.29) is 17.3 Å². The van der Waals surface area contributed by atoms with Crippen molar-refractivity contribution in [1.82, 2.24) is 15.3 Å². The molecular weight excluding hydrogens is 146 g/mol. The van der Waals surface area contributed by atoms with E-state index in [0.29, 0.717) is 6.54 Å². The number of amides is 1. The lowest BCUT2D eigenvalue weighted by Gasteiger charge is -1.95. The number of aromatic amines is 2. The molecule has 0 aliphatic heterocycles. The van der Waals surface area contributed by atoms with E-state index in [2.05, 4.69) is 15.3 Å². The van der Waals surface area contributed by atoms with Gasteiger partial charge in [-0.15, -0.1) is 0 Å². The summed E-state index contributed by atoms with van der Waals surface area (Å²) in [6, 6.07) is 0. The molecule has 60 valence electrons. The molecule has 0 saturated heterocycles. The Balaban J connectivity index is 2.76. The molecule has 0 aromatic carbocycles. The molecule has 1 rings (SSSR count). The first-order valence-electron chi connectivity index (χ1n) is 3.30. The molecule has 0 unspecified atom stereocenters. The molecule has 1 amide bonds. The van der Waals surface area contributed by atoms with Gasteiger partial charge < -0.3 is 15.3 Å². The van der Waals surface area contributed by atoms with Crippen LogP contribution in [0.5, 0.6) is 0 Å². The molecule has 1 aromatic rings. The minimum Gasteiger partial charge on any atom is -0.351 e. The first kappa shape index (κ1) is 7.59. The number of carbonyl (C=O) groups is 1. The van der Waals surface area contributed by atoms with Gasteiger partial charge in [-0.05, 0) is 6.92 Å². The summed E-state index contributed by atoms with van der Waals surface area (Å²) in [5, 5.41) is 2.55. The average molecular weight is 155 g/mol. The number of rotatable bonds is 2. The number of nitrogens with one attached hydrogen (secondary N) is 3. The van der Waals surface area contributed by atoms with Gasteiger partial charge in [0.25, 0.3) is 5.91 Å². The van der Waals surface area contributed by atoms with Crippen LogP contribution in [-0.2, 0) is 0 Å². The Kier molecular flexibility index (Phi) is 2.10. The van der Waals surface area contributed by atoms with Crippen LogP contribution in [0.4, 0.5) is 0 Å². The molecule has 0 aliphatic carbocycles. The molecule has 0 fully saturated rings. The van der Waals surface area contributed by atoms with E-state index < -0.39 is 0 Å². The monoisotopic (exact) mass is 155 g/mol. The van der Waals surface area contributed by atoms with Crippen LogP contribution in [0.25, 0.3) is 0 Å². The van der Waals surface area contributed by atoms with Gasteiger partial charge in [0, 0.05) is 12.7 Å². The number of imidazole rings is 1. The van der Waals surface area contributed by atoms with Gasteiger partial charge >= 0.3 is 5.69 Å². The highest BCUT2D eigenvalue weighted by molar-refractivity contribution is 5.91. The quantitative estimate of drug-likeness (QED) is 0.536. The fourth-order valence-corrected chi connectivity index (χ4v) is 0.710. The van der Waals surface area contributed by atoms with Crippen molar-refractivity contribution in [3.63, 3.8) is 0 Å². The number of hydrogen-bond acceptors (Lipinski definition) is 2. The summed E-state index contributed by atoms with van der Waals surface area (Å²) < 4.78 is 0. The van der Waals surface area contributed by atoms with Crippen molar-refractivity contribution in [3.05, 3.63) is 22.4 Å². The van der Waals surface area contributed by atoms with Crippen molar-refractivity contribution in [2.75, 3.05) is 6.54 Å². The van der Waals surface area contributed by atoms with E-state index in [4.69, 9.17) is 0 Å². The lowest BCUT2D eigenvalue weighted by atomic mass is 10.4. The van der Waals surface area contributed by atoms with Crippen LogP contribution in [0, 0.1) is 0 Å². The van der Waals surface area contributed by atoms with Gasteiger partial charge in [-0.25, -0.2) is 4.79 Å². The van der Waals surface area contributed by atoms with Crippen LogP contribution in [0.15, 0.2) is 11.0 Å². The van der Waals surface area contributed by atoms with Gasteiger partial charge in [0.1, 0.15) is 5.69 Å². The van der Waals surface area contributed by atoms with Crippen LogP contribution in [0.3, 0.4) is 0 Å². The topological polar surface area (TPSA) is 77.8 Å². The Hall–Kier alpha value is -1.52. The van der Waals surface area contributed by atoms with Crippen molar-refractivity contribution in [3.8, 4) is 0 Å². The van der Waals surface area contributed by atoms with Gasteiger partial charge in [0.05, 0.1) is 0 Å². The lowest BCUT2D eigenvalue weighted by molar-refractivity contribution is 0.0951. The molecule has 0 saturated carbocycles. The molecule has 1 heterocycles. The summed E-state index contributed by atoms with van der Waals surface area (Å²) in [4.78, 5) is 26.1. The van der Waals surface area contributed by atoms with Gasteiger partial charge in [0.2, 0.25) is 0 Å². The predicted molar refractivity (Wildman–Crippen MR) is 39.4 cm³/mol. The minimum absolute atomic E-state index is 0.261. The normalized spacial score (nSPS) is 9.55. The molecule has 0 bridgehead atoms. The van der Waals surface area contributed by atoms with Gasteiger partial charge in [-0.1, -0.05) is 0 Å². The summed E-state index contributed by atoms with van der Waals surface area (Å²) in [5.74, 6) is -0.272. The lowest BCUT2D eigenvalue weighted by Crippen LogP contribution is -2.23. The molecule has 1 aromatic heterocycles. The van der Waals surface area contributed by atoms with E-state index in [1.54, 1.807) is 0 Å². The third kappa shape index (κ3) is 1.70. The Morgan fingerprint density at radius 2 is 2.45 bits per heavy atom. The van der Waals surface area contributed by atoms with Crippen LogP contribution in [0.2, 0.25) is 0 Å².